The molecule has 3 atom stereocenters. The second kappa shape index (κ2) is 4.05. The van der Waals surface area contributed by atoms with Crippen LogP contribution in [-0.4, -0.2) is 50.6 Å². The number of carboxylic acids is 1. The highest BCUT2D eigenvalue weighted by Gasteiger charge is 2.61. The van der Waals surface area contributed by atoms with E-state index in [0.29, 0.717) is 0 Å². The molecular formula is C10H18NO5P. The van der Waals surface area contributed by atoms with E-state index in [0.717, 1.165) is 19.4 Å². The van der Waals surface area contributed by atoms with Gasteiger partial charge in [-0.2, -0.15) is 0 Å². The lowest BCUT2D eigenvalue weighted by atomic mass is 9.92. The number of fused-ring (bicyclic) bond motifs is 1. The predicted octanol–water partition coefficient (Wildman–Crippen LogP) is 0.492. The van der Waals surface area contributed by atoms with Crippen molar-refractivity contribution in [2.45, 2.75) is 36.9 Å². The third kappa shape index (κ3) is 1.93. The van der Waals surface area contributed by atoms with Crippen molar-refractivity contribution in [3.05, 3.63) is 0 Å². The third-order valence-electron chi connectivity index (χ3n) is 4.30. The van der Waals surface area contributed by atoms with Crippen molar-refractivity contribution in [2.24, 2.45) is 5.92 Å². The van der Waals surface area contributed by atoms with E-state index in [1.807, 2.05) is 11.9 Å². The third-order valence-corrected chi connectivity index (χ3v) is 5.97. The van der Waals surface area contributed by atoms with E-state index in [4.69, 9.17) is 0 Å². The molecule has 2 rings (SSSR count). The number of aliphatic carboxylic acids is 1. The first kappa shape index (κ1) is 13.0. The molecular weight excluding hydrogens is 245 g/mol. The summed E-state index contributed by atoms with van der Waals surface area (Å²) in [5, 5.41) is 7.36. The first-order valence-corrected chi connectivity index (χ1v) is 7.38. The Kier molecular flexibility index (Phi) is 3.11. The summed E-state index contributed by atoms with van der Waals surface area (Å²) in [5.74, 6) is -1.26. The van der Waals surface area contributed by atoms with Gasteiger partial charge >= 0.3 is 13.6 Å². The zero-order chi connectivity index (χ0) is 12.8. The summed E-state index contributed by atoms with van der Waals surface area (Å²) in [5.41, 5.74) is 0. The van der Waals surface area contributed by atoms with E-state index < -0.39 is 18.7 Å². The van der Waals surface area contributed by atoms with Gasteiger partial charge in [-0.15, -0.1) is 0 Å². The number of carboxylic acid groups (broad SMARTS) is 1. The van der Waals surface area contributed by atoms with E-state index in [2.05, 4.69) is 0 Å². The Balaban J connectivity index is 2.34. The Labute approximate surface area is 99.8 Å². The minimum atomic E-state index is -4.63. The van der Waals surface area contributed by atoms with Crippen molar-refractivity contribution in [3.63, 3.8) is 0 Å². The molecule has 3 N–H and O–H groups in total. The number of likely N-dealkylation sites (tertiary alicyclic amines) is 1. The monoisotopic (exact) mass is 263 g/mol. The Morgan fingerprint density at radius 3 is 2.53 bits per heavy atom. The van der Waals surface area contributed by atoms with Crippen LogP contribution >= 0.6 is 7.60 Å². The highest BCUT2D eigenvalue weighted by molar-refractivity contribution is 7.54. The van der Waals surface area contributed by atoms with Gasteiger partial charge in [0.15, 0.2) is 5.16 Å². The fourth-order valence-electron chi connectivity index (χ4n) is 3.28. The first-order chi connectivity index (χ1) is 7.78. The summed E-state index contributed by atoms with van der Waals surface area (Å²) in [6.45, 7) is 0.873. The van der Waals surface area contributed by atoms with Crippen LogP contribution in [0.1, 0.15) is 25.7 Å². The Morgan fingerprint density at radius 1 is 1.41 bits per heavy atom. The van der Waals surface area contributed by atoms with E-state index in [9.17, 15) is 24.3 Å². The molecule has 2 fully saturated rings. The molecule has 0 amide bonds. The van der Waals surface area contributed by atoms with Gasteiger partial charge in [-0.1, -0.05) is 0 Å². The van der Waals surface area contributed by atoms with Crippen molar-refractivity contribution in [1.82, 2.24) is 4.90 Å². The fourth-order valence-corrected chi connectivity index (χ4v) is 4.43. The number of rotatable bonds is 2. The number of hydrogen-bond donors (Lipinski definition) is 3. The van der Waals surface area contributed by atoms with Gasteiger partial charge in [-0.25, -0.2) is 0 Å². The van der Waals surface area contributed by atoms with Crippen molar-refractivity contribution in [1.29, 1.82) is 0 Å². The van der Waals surface area contributed by atoms with Gasteiger partial charge < -0.3 is 19.8 Å². The minimum Gasteiger partial charge on any atom is -0.480 e. The molecule has 7 heteroatoms. The van der Waals surface area contributed by atoms with E-state index in [-0.39, 0.29) is 24.8 Å². The van der Waals surface area contributed by atoms with Gasteiger partial charge in [0.1, 0.15) is 0 Å². The van der Waals surface area contributed by atoms with Gasteiger partial charge in [0.05, 0.1) is 0 Å². The van der Waals surface area contributed by atoms with Gasteiger partial charge in [-0.3, -0.25) is 9.36 Å². The number of piperidine rings is 1. The van der Waals surface area contributed by atoms with Gasteiger partial charge in [0.25, 0.3) is 0 Å². The van der Waals surface area contributed by atoms with Crippen LogP contribution in [0.2, 0.25) is 0 Å². The fraction of sp³-hybridized carbons (Fsp3) is 0.900. The molecule has 1 saturated carbocycles. The lowest BCUT2D eigenvalue weighted by Crippen LogP contribution is -2.41. The van der Waals surface area contributed by atoms with Crippen molar-refractivity contribution in [3.8, 4) is 0 Å². The maximum atomic E-state index is 11.5. The molecule has 1 saturated heterocycles. The molecule has 6 nitrogen and oxygen atoms in total. The standard InChI is InChI=1S/C10H18NO5P/c1-11-4-2-3-7-5-10(9(12)13,6-8(7)11)17(14,15)16/h7-8H,2-6H2,1H3,(H,12,13)(H2,14,15,16). The van der Waals surface area contributed by atoms with Gasteiger partial charge in [0, 0.05) is 6.04 Å². The summed E-state index contributed by atoms with van der Waals surface area (Å²) in [4.78, 5) is 32.1. The molecule has 0 spiro atoms. The molecule has 0 aromatic rings. The first-order valence-electron chi connectivity index (χ1n) is 5.77. The lowest BCUT2D eigenvalue weighted by Gasteiger charge is -2.34. The largest absolute Gasteiger partial charge is 0.480 e. The SMILES string of the molecule is CN1CCCC2CC(C(=O)O)(P(=O)(O)O)CC21. The molecule has 1 aliphatic carbocycles. The van der Waals surface area contributed by atoms with E-state index in [1.54, 1.807) is 0 Å². The van der Waals surface area contributed by atoms with Gasteiger partial charge in [0.2, 0.25) is 0 Å². The van der Waals surface area contributed by atoms with Gasteiger partial charge in [-0.05, 0) is 45.2 Å². The van der Waals surface area contributed by atoms with E-state index in [1.165, 1.54) is 0 Å². The molecule has 1 heterocycles. The normalized spacial score (nSPS) is 39.0. The number of nitrogens with zero attached hydrogens (tertiary/aromatic N) is 1. The van der Waals surface area contributed by atoms with Crippen LogP contribution < -0.4 is 0 Å². The summed E-state index contributed by atoms with van der Waals surface area (Å²) < 4.78 is 11.5. The van der Waals surface area contributed by atoms with E-state index >= 15 is 0 Å². The van der Waals surface area contributed by atoms with Crippen LogP contribution in [0.3, 0.4) is 0 Å². The molecule has 0 aromatic carbocycles. The maximum Gasteiger partial charge on any atom is 0.342 e. The second-order valence-corrected chi connectivity index (χ2v) is 7.18. The van der Waals surface area contributed by atoms with Crippen LogP contribution in [0, 0.1) is 5.92 Å². The van der Waals surface area contributed by atoms with Crippen LogP contribution in [0.25, 0.3) is 0 Å². The quantitative estimate of drug-likeness (QED) is 0.627. The smallest absolute Gasteiger partial charge is 0.342 e. The van der Waals surface area contributed by atoms with Crippen molar-refractivity contribution in [2.75, 3.05) is 13.6 Å². The Hall–Kier alpha value is -0.420. The zero-order valence-electron chi connectivity index (χ0n) is 9.74. The summed E-state index contributed by atoms with van der Waals surface area (Å²) in [7, 11) is -2.73. The van der Waals surface area contributed by atoms with Crippen LogP contribution in [0.4, 0.5) is 0 Å². The van der Waals surface area contributed by atoms with Crippen LogP contribution in [0.15, 0.2) is 0 Å². The molecule has 0 radical (unpaired) electrons. The molecule has 17 heavy (non-hydrogen) atoms. The number of carbonyl (C=O) groups is 1. The second-order valence-electron chi connectivity index (χ2n) is 5.24. The average molecular weight is 263 g/mol. The molecule has 0 bridgehead atoms. The highest BCUT2D eigenvalue weighted by Crippen LogP contribution is 2.61. The highest BCUT2D eigenvalue weighted by atomic mass is 31.2. The molecule has 98 valence electrons. The Bertz CT molecular complexity index is 381. The summed E-state index contributed by atoms with van der Waals surface area (Å²) in [6.07, 6.45) is 1.99. The average Bonchev–Trinajstić information content (AvgIpc) is 2.58. The predicted molar refractivity (Wildman–Crippen MR) is 60.8 cm³/mol. The minimum absolute atomic E-state index is 0.00697. The lowest BCUT2D eigenvalue weighted by molar-refractivity contribution is -0.140. The maximum absolute atomic E-state index is 11.5. The topological polar surface area (TPSA) is 98.1 Å². The van der Waals surface area contributed by atoms with Crippen molar-refractivity contribution >= 4 is 13.6 Å². The summed E-state index contributed by atoms with van der Waals surface area (Å²) >= 11 is 0. The summed E-state index contributed by atoms with van der Waals surface area (Å²) in [6, 6.07) is -0.00697. The number of hydrogen-bond acceptors (Lipinski definition) is 3. The molecule has 1 aliphatic heterocycles. The molecule has 3 unspecified atom stereocenters. The molecule has 0 aromatic heterocycles. The Morgan fingerprint density at radius 2 is 2.06 bits per heavy atom. The van der Waals surface area contributed by atoms with Crippen molar-refractivity contribution < 1.29 is 24.3 Å². The molecule has 2 aliphatic rings. The van der Waals surface area contributed by atoms with Crippen LogP contribution in [-0.2, 0) is 9.36 Å². The van der Waals surface area contributed by atoms with Crippen LogP contribution in [0.5, 0.6) is 0 Å². The zero-order valence-corrected chi connectivity index (χ0v) is 10.6.